The van der Waals surface area contributed by atoms with Crippen molar-refractivity contribution in [2.75, 3.05) is 0 Å². The van der Waals surface area contributed by atoms with Gasteiger partial charge in [-0.2, -0.15) is 9.47 Å². The van der Waals surface area contributed by atoms with E-state index in [-0.39, 0.29) is 0 Å². The van der Waals surface area contributed by atoms with Crippen LogP contribution < -0.4 is 0 Å². The van der Waals surface area contributed by atoms with Crippen molar-refractivity contribution in [1.29, 1.82) is 0 Å². The SMILES string of the molecule is c1ccc2c(-n3cncn3)snc2c1. The molecule has 1 aromatic carbocycles. The van der Waals surface area contributed by atoms with Crippen LogP contribution in [-0.4, -0.2) is 19.1 Å². The average molecular weight is 202 g/mol. The molecule has 14 heavy (non-hydrogen) atoms. The number of fused-ring (bicyclic) bond motifs is 1. The molecular weight excluding hydrogens is 196 g/mol. The smallest absolute Gasteiger partial charge is 0.147 e. The zero-order chi connectivity index (χ0) is 9.38. The van der Waals surface area contributed by atoms with E-state index in [4.69, 9.17) is 0 Å². The molecule has 0 aliphatic rings. The first kappa shape index (κ1) is 7.64. The lowest BCUT2D eigenvalue weighted by molar-refractivity contribution is 0.902. The number of rotatable bonds is 1. The second kappa shape index (κ2) is 2.88. The Balaban J connectivity index is 2.33. The van der Waals surface area contributed by atoms with Gasteiger partial charge in [0.1, 0.15) is 17.7 Å². The normalized spacial score (nSPS) is 10.9. The lowest BCUT2D eigenvalue weighted by Crippen LogP contribution is -1.90. The number of nitrogens with zero attached hydrogens (tertiary/aromatic N) is 4. The molecule has 0 saturated heterocycles. The van der Waals surface area contributed by atoms with Crippen LogP contribution in [0, 0.1) is 0 Å². The van der Waals surface area contributed by atoms with Crippen molar-refractivity contribution in [1.82, 2.24) is 19.1 Å². The van der Waals surface area contributed by atoms with Crippen LogP contribution >= 0.6 is 11.5 Å². The summed E-state index contributed by atoms with van der Waals surface area (Å²) < 4.78 is 6.06. The Morgan fingerprint density at radius 1 is 1.21 bits per heavy atom. The molecule has 0 saturated carbocycles. The maximum absolute atomic E-state index is 4.33. The molecule has 3 rings (SSSR count). The molecule has 0 amide bonds. The summed E-state index contributed by atoms with van der Waals surface area (Å²) in [5.74, 6) is 0. The number of hydrogen-bond acceptors (Lipinski definition) is 4. The molecule has 0 unspecified atom stereocenters. The molecule has 0 aliphatic heterocycles. The second-order valence-electron chi connectivity index (χ2n) is 2.84. The molecular formula is C9H6N4S. The highest BCUT2D eigenvalue weighted by Gasteiger charge is 2.06. The highest BCUT2D eigenvalue weighted by atomic mass is 32.1. The molecule has 0 spiro atoms. The van der Waals surface area contributed by atoms with Crippen molar-refractivity contribution in [2.45, 2.75) is 0 Å². The van der Waals surface area contributed by atoms with Crippen LogP contribution in [-0.2, 0) is 0 Å². The van der Waals surface area contributed by atoms with Crippen LogP contribution in [0.3, 0.4) is 0 Å². The molecule has 3 aromatic rings. The maximum atomic E-state index is 4.33. The van der Waals surface area contributed by atoms with Crippen molar-refractivity contribution >= 4 is 22.4 Å². The van der Waals surface area contributed by atoms with Gasteiger partial charge in [0.25, 0.3) is 0 Å². The first-order valence-electron chi connectivity index (χ1n) is 4.14. The maximum Gasteiger partial charge on any atom is 0.147 e. The molecule has 0 bridgehead atoms. The van der Waals surface area contributed by atoms with Gasteiger partial charge in [-0.05, 0) is 23.7 Å². The van der Waals surface area contributed by atoms with Gasteiger partial charge in [0.15, 0.2) is 0 Å². The zero-order valence-corrected chi connectivity index (χ0v) is 7.98. The topological polar surface area (TPSA) is 43.6 Å². The molecule has 0 radical (unpaired) electrons. The Bertz CT molecular complexity index is 555. The number of aromatic nitrogens is 4. The van der Waals surface area contributed by atoms with Gasteiger partial charge >= 0.3 is 0 Å². The van der Waals surface area contributed by atoms with E-state index in [1.54, 1.807) is 11.0 Å². The monoisotopic (exact) mass is 202 g/mol. The molecule has 0 atom stereocenters. The first-order valence-corrected chi connectivity index (χ1v) is 4.92. The van der Waals surface area contributed by atoms with Crippen LogP contribution in [0.1, 0.15) is 0 Å². The van der Waals surface area contributed by atoms with Crippen LogP contribution in [0.5, 0.6) is 0 Å². The third-order valence-electron chi connectivity index (χ3n) is 1.99. The number of benzene rings is 1. The van der Waals surface area contributed by atoms with Crippen LogP contribution in [0.25, 0.3) is 15.9 Å². The van der Waals surface area contributed by atoms with Crippen LogP contribution in [0.2, 0.25) is 0 Å². The summed E-state index contributed by atoms with van der Waals surface area (Å²) in [5.41, 5.74) is 1.00. The van der Waals surface area contributed by atoms with Gasteiger partial charge in [0.05, 0.1) is 5.52 Å². The predicted molar refractivity (Wildman–Crippen MR) is 54.5 cm³/mol. The molecule has 0 fully saturated rings. The van der Waals surface area contributed by atoms with E-state index in [9.17, 15) is 0 Å². The van der Waals surface area contributed by atoms with E-state index in [0.717, 1.165) is 15.9 Å². The van der Waals surface area contributed by atoms with Gasteiger partial charge in [-0.15, -0.1) is 0 Å². The largest absolute Gasteiger partial charge is 0.223 e. The summed E-state index contributed by atoms with van der Waals surface area (Å²) >= 11 is 1.43. The minimum absolute atomic E-state index is 1.00. The Morgan fingerprint density at radius 3 is 3.00 bits per heavy atom. The third kappa shape index (κ3) is 1.03. The minimum atomic E-state index is 1.00. The van der Waals surface area contributed by atoms with Gasteiger partial charge in [0.2, 0.25) is 0 Å². The second-order valence-corrected chi connectivity index (χ2v) is 3.60. The lowest BCUT2D eigenvalue weighted by Gasteiger charge is -1.94. The molecule has 2 aromatic heterocycles. The van der Waals surface area contributed by atoms with E-state index in [1.165, 1.54) is 17.9 Å². The standard InChI is InChI=1S/C9H6N4S/c1-2-4-8-7(3-1)9(14-12-8)13-6-10-5-11-13/h1-6H. The summed E-state index contributed by atoms with van der Waals surface area (Å²) in [6.45, 7) is 0. The Labute approximate surface area is 84.0 Å². The quantitative estimate of drug-likeness (QED) is 0.605. The molecule has 5 heteroatoms. The minimum Gasteiger partial charge on any atom is -0.223 e. The van der Waals surface area contributed by atoms with Gasteiger partial charge in [0, 0.05) is 5.39 Å². The summed E-state index contributed by atoms with van der Waals surface area (Å²) in [5, 5.41) is 6.21. The fourth-order valence-corrected chi connectivity index (χ4v) is 2.15. The average Bonchev–Trinajstić information content (AvgIpc) is 2.85. The molecule has 2 heterocycles. The summed E-state index contributed by atoms with van der Waals surface area (Å²) in [7, 11) is 0. The lowest BCUT2D eigenvalue weighted by atomic mass is 10.2. The van der Waals surface area contributed by atoms with E-state index < -0.39 is 0 Å². The summed E-state index contributed by atoms with van der Waals surface area (Å²) in [6, 6.07) is 8.01. The fourth-order valence-electron chi connectivity index (χ4n) is 1.35. The summed E-state index contributed by atoms with van der Waals surface area (Å²) in [4.78, 5) is 3.92. The van der Waals surface area contributed by atoms with E-state index in [1.807, 2.05) is 24.3 Å². The Morgan fingerprint density at radius 2 is 2.14 bits per heavy atom. The predicted octanol–water partition coefficient (Wildman–Crippen LogP) is 1.88. The van der Waals surface area contributed by atoms with E-state index in [2.05, 4.69) is 14.5 Å². The number of hydrogen-bond donors (Lipinski definition) is 0. The van der Waals surface area contributed by atoms with Gasteiger partial charge in [-0.25, -0.2) is 9.67 Å². The highest BCUT2D eigenvalue weighted by Crippen LogP contribution is 2.24. The van der Waals surface area contributed by atoms with Gasteiger partial charge in [-0.3, -0.25) is 0 Å². The molecule has 0 N–H and O–H groups in total. The molecule has 68 valence electrons. The van der Waals surface area contributed by atoms with E-state index >= 15 is 0 Å². The van der Waals surface area contributed by atoms with Crippen molar-refractivity contribution in [2.24, 2.45) is 0 Å². The Hall–Kier alpha value is -1.75. The molecule has 4 nitrogen and oxygen atoms in total. The third-order valence-corrected chi connectivity index (χ3v) is 2.86. The van der Waals surface area contributed by atoms with Crippen LogP contribution in [0.15, 0.2) is 36.9 Å². The van der Waals surface area contributed by atoms with Gasteiger partial charge < -0.3 is 0 Å². The van der Waals surface area contributed by atoms with Crippen molar-refractivity contribution in [3.63, 3.8) is 0 Å². The van der Waals surface area contributed by atoms with Crippen molar-refractivity contribution < 1.29 is 0 Å². The van der Waals surface area contributed by atoms with Crippen LogP contribution in [0.4, 0.5) is 0 Å². The fraction of sp³-hybridized carbons (Fsp3) is 0. The van der Waals surface area contributed by atoms with E-state index in [0.29, 0.717) is 0 Å². The highest BCUT2D eigenvalue weighted by molar-refractivity contribution is 7.10. The van der Waals surface area contributed by atoms with Gasteiger partial charge in [-0.1, -0.05) is 12.1 Å². The Kier molecular flexibility index (Phi) is 1.57. The molecule has 0 aliphatic carbocycles. The van der Waals surface area contributed by atoms with Crippen molar-refractivity contribution in [3.05, 3.63) is 36.9 Å². The van der Waals surface area contributed by atoms with Crippen molar-refractivity contribution in [3.8, 4) is 5.00 Å². The summed E-state index contributed by atoms with van der Waals surface area (Å²) in [6.07, 6.45) is 3.20. The zero-order valence-electron chi connectivity index (χ0n) is 7.16. The first-order chi connectivity index (χ1) is 6.95.